The van der Waals surface area contributed by atoms with Crippen LogP contribution in [-0.2, 0) is 0 Å². The van der Waals surface area contributed by atoms with Crippen molar-refractivity contribution in [3.05, 3.63) is 38.4 Å². The molecule has 0 bridgehead atoms. The van der Waals surface area contributed by atoms with Gasteiger partial charge in [-0.2, -0.15) is 0 Å². The first-order chi connectivity index (χ1) is 6.97. The zero-order chi connectivity index (χ0) is 11.6. The second-order valence-electron chi connectivity index (χ2n) is 2.83. The van der Waals surface area contributed by atoms with E-state index in [1.165, 1.54) is 13.0 Å². The second kappa shape index (κ2) is 4.18. The van der Waals surface area contributed by atoms with E-state index in [0.717, 1.165) is 6.07 Å². The minimum absolute atomic E-state index is 0.0592. The van der Waals surface area contributed by atoms with Crippen molar-refractivity contribution in [2.75, 3.05) is 0 Å². The van der Waals surface area contributed by atoms with Gasteiger partial charge in [-0.15, -0.1) is 0 Å². The van der Waals surface area contributed by atoms with Crippen molar-refractivity contribution in [2.45, 2.75) is 6.92 Å². The van der Waals surface area contributed by atoms with E-state index < -0.39 is 10.6 Å². The first-order valence-electron chi connectivity index (χ1n) is 3.91. The van der Waals surface area contributed by atoms with Gasteiger partial charge in [0.25, 0.3) is 5.69 Å². The van der Waals surface area contributed by atoms with Crippen LogP contribution in [0.15, 0.2) is 12.1 Å². The normalized spacial score (nSPS) is 9.73. The fraction of sp³-hybridized carbons (Fsp3) is 0.111. The molecule has 0 aliphatic heterocycles. The highest BCUT2D eigenvalue weighted by Gasteiger charge is 2.18. The summed E-state index contributed by atoms with van der Waals surface area (Å²) in [4.78, 5) is 31.4. The van der Waals surface area contributed by atoms with Crippen molar-refractivity contribution in [1.82, 2.24) is 0 Å². The maximum Gasteiger partial charge on any atom is 0.289 e. The molecular weight excluding hydrogens is 222 g/mol. The van der Waals surface area contributed by atoms with E-state index in [2.05, 4.69) is 0 Å². The Morgan fingerprint density at radius 3 is 2.53 bits per heavy atom. The standard InChI is InChI=1S/C9H6ClNO4/c1-5(13)6-2-7(4-12)9(10)8(3-6)11(14)15/h2-4H,1H3. The second-order valence-corrected chi connectivity index (χ2v) is 3.21. The number of hydrogen-bond acceptors (Lipinski definition) is 4. The third-order valence-electron chi connectivity index (χ3n) is 1.81. The van der Waals surface area contributed by atoms with Crippen molar-refractivity contribution >= 4 is 29.4 Å². The molecular formula is C9H6ClNO4. The smallest absolute Gasteiger partial charge is 0.289 e. The molecule has 0 aliphatic rings. The highest BCUT2D eigenvalue weighted by atomic mass is 35.5. The first-order valence-corrected chi connectivity index (χ1v) is 4.29. The van der Waals surface area contributed by atoms with Gasteiger partial charge in [0.2, 0.25) is 0 Å². The average Bonchev–Trinajstić information content (AvgIpc) is 2.17. The number of ketones is 1. The minimum atomic E-state index is -0.734. The van der Waals surface area contributed by atoms with Crippen LogP contribution in [0, 0.1) is 10.1 Å². The average molecular weight is 228 g/mol. The number of benzene rings is 1. The number of aldehydes is 1. The molecule has 78 valence electrons. The molecule has 15 heavy (non-hydrogen) atoms. The predicted octanol–water partition coefficient (Wildman–Crippen LogP) is 2.26. The zero-order valence-corrected chi connectivity index (χ0v) is 8.45. The molecule has 0 saturated carbocycles. The lowest BCUT2D eigenvalue weighted by Crippen LogP contribution is -1.99. The molecule has 0 heterocycles. The van der Waals surface area contributed by atoms with Crippen molar-refractivity contribution in [2.24, 2.45) is 0 Å². The summed E-state index contributed by atoms with van der Waals surface area (Å²) in [7, 11) is 0. The van der Waals surface area contributed by atoms with Gasteiger partial charge >= 0.3 is 0 Å². The fourth-order valence-electron chi connectivity index (χ4n) is 1.05. The number of nitrogens with zero attached hydrogens (tertiary/aromatic N) is 1. The SMILES string of the molecule is CC(=O)c1cc(C=O)c(Cl)c([N+](=O)[O-])c1. The molecule has 5 nitrogen and oxygen atoms in total. The van der Waals surface area contributed by atoms with Gasteiger partial charge in [-0.1, -0.05) is 11.6 Å². The minimum Gasteiger partial charge on any atom is -0.298 e. The molecule has 1 aromatic rings. The highest BCUT2D eigenvalue weighted by molar-refractivity contribution is 6.35. The molecule has 6 heteroatoms. The van der Waals surface area contributed by atoms with Gasteiger partial charge in [-0.25, -0.2) is 0 Å². The summed E-state index contributed by atoms with van der Waals surface area (Å²) in [5.74, 6) is -0.363. The molecule has 0 amide bonds. The van der Waals surface area contributed by atoms with Gasteiger partial charge in [0.05, 0.1) is 4.92 Å². The van der Waals surface area contributed by atoms with Crippen LogP contribution in [0.1, 0.15) is 27.6 Å². The number of rotatable bonds is 3. The van der Waals surface area contributed by atoms with E-state index in [4.69, 9.17) is 11.6 Å². The van der Waals surface area contributed by atoms with Gasteiger partial charge in [-0.3, -0.25) is 19.7 Å². The van der Waals surface area contributed by atoms with Crippen molar-refractivity contribution in [3.63, 3.8) is 0 Å². The Labute approximate surface area is 89.8 Å². The number of halogens is 1. The summed E-state index contributed by atoms with van der Waals surface area (Å²) < 4.78 is 0. The van der Waals surface area contributed by atoms with Crippen LogP contribution >= 0.6 is 11.6 Å². The molecule has 1 rings (SSSR count). The summed E-state index contributed by atoms with van der Waals surface area (Å²) in [6.07, 6.45) is 0.377. The van der Waals surface area contributed by atoms with Crippen molar-refractivity contribution < 1.29 is 14.5 Å². The van der Waals surface area contributed by atoms with Crippen LogP contribution in [0.25, 0.3) is 0 Å². The molecule has 0 atom stereocenters. The largest absolute Gasteiger partial charge is 0.298 e. The Balaban J connectivity index is 3.51. The first kappa shape index (κ1) is 11.3. The summed E-state index contributed by atoms with van der Waals surface area (Å²) in [5.41, 5.74) is -0.407. The van der Waals surface area contributed by atoms with Crippen LogP contribution in [0.2, 0.25) is 5.02 Å². The number of Topliss-reactive ketones (excluding diaryl/α,β-unsaturated/α-hetero) is 1. The van der Waals surface area contributed by atoms with Gasteiger partial charge in [0, 0.05) is 17.2 Å². The summed E-state index contributed by atoms with van der Waals surface area (Å²) >= 11 is 5.60. The lowest BCUT2D eigenvalue weighted by Gasteiger charge is -2.01. The number of carbonyl (C=O) groups excluding carboxylic acids is 2. The van der Waals surface area contributed by atoms with Gasteiger partial charge in [0.15, 0.2) is 12.1 Å². The van der Waals surface area contributed by atoms with E-state index in [1.807, 2.05) is 0 Å². The molecule has 0 aliphatic carbocycles. The third kappa shape index (κ3) is 2.19. The lowest BCUT2D eigenvalue weighted by molar-refractivity contribution is -0.384. The van der Waals surface area contributed by atoms with Gasteiger partial charge in [-0.05, 0) is 13.0 Å². The van der Waals surface area contributed by atoms with Gasteiger partial charge < -0.3 is 0 Å². The quantitative estimate of drug-likeness (QED) is 0.343. The van der Waals surface area contributed by atoms with Gasteiger partial charge in [0.1, 0.15) is 5.02 Å². The molecule has 0 fully saturated rings. The monoisotopic (exact) mass is 227 g/mol. The molecule has 0 radical (unpaired) electrons. The molecule has 0 spiro atoms. The van der Waals surface area contributed by atoms with E-state index in [0.29, 0.717) is 6.29 Å². The van der Waals surface area contributed by atoms with Crippen LogP contribution in [-0.4, -0.2) is 17.0 Å². The van der Waals surface area contributed by atoms with E-state index in [-0.39, 0.29) is 21.9 Å². The zero-order valence-electron chi connectivity index (χ0n) is 7.69. The summed E-state index contributed by atoms with van der Waals surface area (Å²) in [5, 5.41) is 10.3. The molecule has 0 saturated heterocycles. The maximum absolute atomic E-state index is 11.0. The maximum atomic E-state index is 11.0. The summed E-state index contributed by atoms with van der Waals surface area (Å²) in [6, 6.07) is 2.28. The number of hydrogen-bond donors (Lipinski definition) is 0. The Kier molecular flexibility index (Phi) is 3.16. The molecule has 0 aromatic heterocycles. The highest BCUT2D eigenvalue weighted by Crippen LogP contribution is 2.28. The molecule has 0 unspecified atom stereocenters. The van der Waals surface area contributed by atoms with E-state index in [9.17, 15) is 19.7 Å². The van der Waals surface area contributed by atoms with Crippen LogP contribution in [0.4, 0.5) is 5.69 Å². The lowest BCUT2D eigenvalue weighted by atomic mass is 10.1. The topological polar surface area (TPSA) is 77.3 Å². The number of nitro groups is 1. The Bertz CT molecular complexity index is 456. The fourth-order valence-corrected chi connectivity index (χ4v) is 1.28. The predicted molar refractivity (Wildman–Crippen MR) is 53.5 cm³/mol. The molecule has 0 N–H and O–H groups in total. The molecule has 1 aromatic carbocycles. The Morgan fingerprint density at radius 2 is 2.13 bits per heavy atom. The van der Waals surface area contributed by atoms with Crippen LogP contribution < -0.4 is 0 Å². The van der Waals surface area contributed by atoms with Crippen LogP contribution in [0.5, 0.6) is 0 Å². The third-order valence-corrected chi connectivity index (χ3v) is 2.22. The van der Waals surface area contributed by atoms with E-state index >= 15 is 0 Å². The summed E-state index contributed by atoms with van der Waals surface area (Å²) in [6.45, 7) is 1.25. The van der Waals surface area contributed by atoms with E-state index in [1.54, 1.807) is 0 Å². The number of nitro benzene ring substituents is 1. The Morgan fingerprint density at radius 1 is 1.53 bits per heavy atom. The van der Waals surface area contributed by atoms with Crippen molar-refractivity contribution in [3.8, 4) is 0 Å². The van der Waals surface area contributed by atoms with Crippen molar-refractivity contribution in [1.29, 1.82) is 0 Å². The number of carbonyl (C=O) groups is 2. The Hall–Kier alpha value is -1.75. The van der Waals surface area contributed by atoms with Crippen LogP contribution in [0.3, 0.4) is 0 Å².